The first-order chi connectivity index (χ1) is 8.16. The summed E-state index contributed by atoms with van der Waals surface area (Å²) < 4.78 is 0. The van der Waals surface area contributed by atoms with Crippen molar-refractivity contribution in [2.75, 3.05) is 0 Å². The van der Waals surface area contributed by atoms with Crippen molar-refractivity contribution >= 4 is 16.7 Å². The van der Waals surface area contributed by atoms with E-state index in [1.165, 1.54) is 12.0 Å². The quantitative estimate of drug-likeness (QED) is 0.778. The van der Waals surface area contributed by atoms with Crippen LogP contribution in [0, 0.1) is 19.8 Å². The van der Waals surface area contributed by atoms with Crippen LogP contribution in [0.2, 0.25) is 0 Å². The lowest BCUT2D eigenvalue weighted by molar-refractivity contribution is 0.0856. The molecule has 0 amide bonds. The summed E-state index contributed by atoms with van der Waals surface area (Å²) in [5, 5.41) is 1.10. The summed E-state index contributed by atoms with van der Waals surface area (Å²) in [6, 6.07) is 6.26. The predicted octanol–water partition coefficient (Wildman–Crippen LogP) is 3.77. The highest BCUT2D eigenvalue weighted by Gasteiger charge is 2.29. The van der Waals surface area contributed by atoms with Crippen LogP contribution in [0.5, 0.6) is 0 Å². The minimum absolute atomic E-state index is 0.271. The average molecular weight is 227 g/mol. The Morgan fingerprint density at radius 1 is 1.29 bits per heavy atom. The number of hydrogen-bond donors (Lipinski definition) is 1. The van der Waals surface area contributed by atoms with Crippen LogP contribution in [0.25, 0.3) is 10.9 Å². The molecule has 0 radical (unpaired) electrons. The molecule has 0 aliphatic heterocycles. The third kappa shape index (κ3) is 1.59. The van der Waals surface area contributed by atoms with E-state index < -0.39 is 0 Å². The number of aryl methyl sites for hydroxylation is 2. The zero-order chi connectivity index (χ0) is 12.0. The molecule has 0 spiro atoms. The minimum Gasteiger partial charge on any atom is -0.358 e. The first kappa shape index (κ1) is 10.6. The molecule has 1 aromatic carbocycles. The minimum atomic E-state index is 0.271. The van der Waals surface area contributed by atoms with E-state index in [1.807, 2.05) is 6.92 Å². The molecule has 1 fully saturated rings. The van der Waals surface area contributed by atoms with Crippen molar-refractivity contribution in [1.82, 2.24) is 4.98 Å². The van der Waals surface area contributed by atoms with Crippen molar-refractivity contribution in [3.05, 3.63) is 35.0 Å². The molecule has 0 unspecified atom stereocenters. The molecule has 0 atom stereocenters. The van der Waals surface area contributed by atoms with E-state index in [2.05, 4.69) is 30.1 Å². The van der Waals surface area contributed by atoms with Crippen LogP contribution < -0.4 is 0 Å². The summed E-state index contributed by atoms with van der Waals surface area (Å²) in [4.78, 5) is 15.7. The van der Waals surface area contributed by atoms with Crippen molar-refractivity contribution in [2.24, 2.45) is 5.92 Å². The molecule has 1 saturated carbocycles. The fourth-order valence-electron chi connectivity index (χ4n) is 2.63. The van der Waals surface area contributed by atoms with Crippen LogP contribution in [0.15, 0.2) is 18.2 Å². The van der Waals surface area contributed by atoms with Crippen molar-refractivity contribution < 1.29 is 4.79 Å². The lowest BCUT2D eigenvalue weighted by Gasteiger charge is -2.23. The van der Waals surface area contributed by atoms with Crippen molar-refractivity contribution in [3.8, 4) is 0 Å². The van der Waals surface area contributed by atoms with Gasteiger partial charge in [-0.1, -0.05) is 18.1 Å². The Bertz CT molecular complexity index is 590. The molecule has 2 nitrogen and oxygen atoms in total. The van der Waals surface area contributed by atoms with E-state index in [0.717, 1.165) is 35.0 Å². The van der Waals surface area contributed by atoms with E-state index in [9.17, 15) is 4.79 Å². The van der Waals surface area contributed by atoms with Gasteiger partial charge in [0.25, 0.3) is 0 Å². The van der Waals surface area contributed by atoms with Gasteiger partial charge in [-0.15, -0.1) is 0 Å². The molecule has 0 bridgehead atoms. The third-order valence-electron chi connectivity index (χ3n) is 3.86. The van der Waals surface area contributed by atoms with E-state index >= 15 is 0 Å². The van der Waals surface area contributed by atoms with Gasteiger partial charge >= 0.3 is 0 Å². The highest BCUT2D eigenvalue weighted by Crippen LogP contribution is 2.33. The Morgan fingerprint density at radius 2 is 2.06 bits per heavy atom. The Balaban J connectivity index is 2.16. The summed E-state index contributed by atoms with van der Waals surface area (Å²) >= 11 is 0. The van der Waals surface area contributed by atoms with E-state index in [4.69, 9.17) is 0 Å². The monoisotopic (exact) mass is 227 g/mol. The summed E-state index contributed by atoms with van der Waals surface area (Å²) in [5.41, 5.74) is 4.23. The summed E-state index contributed by atoms with van der Waals surface area (Å²) in [6.07, 6.45) is 3.34. The smallest absolute Gasteiger partial charge is 0.168 e. The number of H-pyrrole nitrogens is 1. The molecule has 2 heteroatoms. The van der Waals surface area contributed by atoms with Crippen LogP contribution in [0.1, 0.15) is 40.9 Å². The topological polar surface area (TPSA) is 32.9 Å². The van der Waals surface area contributed by atoms with Crippen LogP contribution in [-0.4, -0.2) is 10.8 Å². The molecule has 1 aliphatic carbocycles. The molecule has 0 saturated heterocycles. The Hall–Kier alpha value is -1.57. The zero-order valence-corrected chi connectivity index (χ0v) is 10.3. The number of ketones is 1. The number of benzene rings is 1. The van der Waals surface area contributed by atoms with E-state index in [1.54, 1.807) is 0 Å². The van der Waals surface area contributed by atoms with Crippen LogP contribution >= 0.6 is 0 Å². The van der Waals surface area contributed by atoms with Gasteiger partial charge in [0.1, 0.15) is 0 Å². The number of hydrogen-bond acceptors (Lipinski definition) is 1. The molecular weight excluding hydrogens is 210 g/mol. The van der Waals surface area contributed by atoms with Gasteiger partial charge < -0.3 is 4.98 Å². The van der Waals surface area contributed by atoms with Crippen LogP contribution in [0.3, 0.4) is 0 Å². The van der Waals surface area contributed by atoms with Gasteiger partial charge in [-0.25, -0.2) is 0 Å². The molecule has 1 heterocycles. The number of carbonyl (C=O) groups excluding carboxylic acids is 1. The maximum atomic E-state index is 12.4. The van der Waals surface area contributed by atoms with Gasteiger partial charge in [0, 0.05) is 28.1 Å². The number of fused-ring (bicyclic) bond motifs is 1. The lowest BCUT2D eigenvalue weighted by atomic mass is 9.79. The second-order valence-corrected chi connectivity index (χ2v) is 5.17. The highest BCUT2D eigenvalue weighted by atomic mass is 16.1. The van der Waals surface area contributed by atoms with Gasteiger partial charge in [0.2, 0.25) is 0 Å². The number of nitrogens with one attached hydrogen (secondary N) is 1. The number of aromatic amines is 1. The molecule has 3 rings (SSSR count). The molecule has 1 N–H and O–H groups in total. The standard InChI is InChI=1S/C15H17NO/c1-9-6-7-13-12(8-9)14(10(2)16-13)15(17)11-4-3-5-11/h6-8,11,16H,3-5H2,1-2H3. The molecule has 88 valence electrons. The van der Waals surface area contributed by atoms with Crippen molar-refractivity contribution in [1.29, 1.82) is 0 Å². The van der Waals surface area contributed by atoms with E-state index in [0.29, 0.717) is 5.78 Å². The first-order valence-electron chi connectivity index (χ1n) is 6.30. The number of Topliss-reactive ketones (excluding diaryl/α,β-unsaturated/α-hetero) is 1. The third-order valence-corrected chi connectivity index (χ3v) is 3.86. The molecule has 1 aromatic heterocycles. The normalized spacial score (nSPS) is 16.1. The van der Waals surface area contributed by atoms with Gasteiger partial charge in [0.15, 0.2) is 5.78 Å². The first-order valence-corrected chi connectivity index (χ1v) is 6.30. The zero-order valence-electron chi connectivity index (χ0n) is 10.3. The summed E-state index contributed by atoms with van der Waals surface area (Å²) in [5.74, 6) is 0.610. The predicted molar refractivity (Wildman–Crippen MR) is 69.4 cm³/mol. The number of aromatic nitrogens is 1. The van der Waals surface area contributed by atoms with E-state index in [-0.39, 0.29) is 5.92 Å². The van der Waals surface area contributed by atoms with Gasteiger partial charge in [0.05, 0.1) is 0 Å². The Morgan fingerprint density at radius 3 is 2.71 bits per heavy atom. The fourth-order valence-corrected chi connectivity index (χ4v) is 2.63. The number of rotatable bonds is 2. The maximum absolute atomic E-state index is 12.4. The fraction of sp³-hybridized carbons (Fsp3) is 0.400. The van der Waals surface area contributed by atoms with Gasteiger partial charge in [-0.05, 0) is 38.8 Å². The van der Waals surface area contributed by atoms with Gasteiger partial charge in [-0.2, -0.15) is 0 Å². The molecular formula is C15H17NO. The van der Waals surface area contributed by atoms with Gasteiger partial charge in [-0.3, -0.25) is 4.79 Å². The highest BCUT2D eigenvalue weighted by molar-refractivity contribution is 6.10. The Kier molecular flexibility index (Phi) is 2.32. The second-order valence-electron chi connectivity index (χ2n) is 5.17. The van der Waals surface area contributed by atoms with Crippen molar-refractivity contribution in [2.45, 2.75) is 33.1 Å². The lowest BCUT2D eigenvalue weighted by Crippen LogP contribution is -2.22. The average Bonchev–Trinajstić information content (AvgIpc) is 2.50. The van der Waals surface area contributed by atoms with Crippen LogP contribution in [-0.2, 0) is 0 Å². The molecule has 2 aromatic rings. The SMILES string of the molecule is Cc1ccc2[nH]c(C)c(C(=O)C3CCC3)c2c1. The Labute approximate surface area is 101 Å². The largest absolute Gasteiger partial charge is 0.358 e. The molecule has 1 aliphatic rings. The molecule has 17 heavy (non-hydrogen) atoms. The number of carbonyl (C=O) groups is 1. The second kappa shape index (κ2) is 3.73. The van der Waals surface area contributed by atoms with Crippen LogP contribution in [0.4, 0.5) is 0 Å². The summed E-state index contributed by atoms with van der Waals surface area (Å²) in [7, 11) is 0. The maximum Gasteiger partial charge on any atom is 0.168 e. The van der Waals surface area contributed by atoms with Crippen molar-refractivity contribution in [3.63, 3.8) is 0 Å². The summed E-state index contributed by atoms with van der Waals surface area (Å²) in [6.45, 7) is 4.07.